The lowest BCUT2D eigenvalue weighted by molar-refractivity contribution is 0.0125. The number of alkyl halides is 1. The molecule has 2 rings (SSSR count). The number of hydrogen-bond acceptors (Lipinski definition) is 3. The van der Waals surface area contributed by atoms with E-state index in [-0.39, 0.29) is 12.5 Å². The van der Waals surface area contributed by atoms with Gasteiger partial charge in [-0.2, -0.15) is 0 Å². The van der Waals surface area contributed by atoms with Gasteiger partial charge in [0.25, 0.3) is 0 Å². The summed E-state index contributed by atoms with van der Waals surface area (Å²) in [7, 11) is 1.72. The third kappa shape index (κ3) is 2.26. The number of furan rings is 1. The number of halogens is 1. The molecule has 2 N–H and O–H groups in total. The number of hydrogen-bond donors (Lipinski definition) is 2. The zero-order valence-electron chi connectivity index (χ0n) is 10.6. The zero-order chi connectivity index (χ0) is 13.2. The van der Waals surface area contributed by atoms with Crippen LogP contribution in [0.2, 0.25) is 0 Å². The highest BCUT2D eigenvalue weighted by Gasteiger charge is 2.32. The van der Waals surface area contributed by atoms with Crippen molar-refractivity contribution in [2.24, 2.45) is 0 Å². The first kappa shape index (κ1) is 13.1. The number of benzene rings is 1. The normalized spacial score (nSPS) is 16.7. The van der Waals surface area contributed by atoms with Crippen molar-refractivity contribution in [2.45, 2.75) is 25.0 Å². The van der Waals surface area contributed by atoms with E-state index in [1.807, 2.05) is 18.2 Å². The molecule has 0 bridgehead atoms. The van der Waals surface area contributed by atoms with Crippen LogP contribution in [-0.4, -0.2) is 24.9 Å². The van der Waals surface area contributed by atoms with Crippen LogP contribution in [0.4, 0.5) is 4.39 Å². The van der Waals surface area contributed by atoms with E-state index in [0.29, 0.717) is 0 Å². The zero-order valence-corrected chi connectivity index (χ0v) is 10.6. The quantitative estimate of drug-likeness (QED) is 0.858. The molecule has 0 radical (unpaired) electrons. The second-order valence-electron chi connectivity index (χ2n) is 4.64. The standard InChI is InChI=1S/C14H18FNO2/c1-14(17,13(16-2)5-7-15)11-4-3-10-6-8-18-12(10)9-11/h3-4,6,8-9,13,16-17H,5,7H2,1-2H3. The van der Waals surface area contributed by atoms with Crippen LogP contribution < -0.4 is 5.32 Å². The van der Waals surface area contributed by atoms with Gasteiger partial charge in [0.1, 0.15) is 11.2 Å². The van der Waals surface area contributed by atoms with Crippen LogP contribution in [0, 0.1) is 0 Å². The Morgan fingerprint density at radius 1 is 1.44 bits per heavy atom. The first-order valence-corrected chi connectivity index (χ1v) is 6.03. The summed E-state index contributed by atoms with van der Waals surface area (Å²) in [6, 6.07) is 7.07. The van der Waals surface area contributed by atoms with Crippen molar-refractivity contribution in [3.8, 4) is 0 Å². The van der Waals surface area contributed by atoms with Crippen LogP contribution in [0.15, 0.2) is 34.9 Å². The summed E-state index contributed by atoms with van der Waals surface area (Å²) in [5, 5.41) is 14.6. The average Bonchev–Trinajstić information content (AvgIpc) is 2.82. The Morgan fingerprint density at radius 2 is 2.22 bits per heavy atom. The van der Waals surface area contributed by atoms with E-state index in [9.17, 15) is 9.50 Å². The Balaban J connectivity index is 2.37. The summed E-state index contributed by atoms with van der Waals surface area (Å²) >= 11 is 0. The Bertz CT molecular complexity index is 521. The first-order chi connectivity index (χ1) is 8.59. The molecule has 98 valence electrons. The molecule has 1 aromatic heterocycles. The van der Waals surface area contributed by atoms with Crippen molar-refractivity contribution in [3.63, 3.8) is 0 Å². The molecule has 4 heteroatoms. The minimum atomic E-state index is -1.14. The summed E-state index contributed by atoms with van der Waals surface area (Å²) in [6.07, 6.45) is 1.87. The minimum absolute atomic E-state index is 0.264. The molecular weight excluding hydrogens is 233 g/mol. The maximum atomic E-state index is 12.5. The van der Waals surface area contributed by atoms with Gasteiger partial charge in [0.05, 0.1) is 12.9 Å². The maximum Gasteiger partial charge on any atom is 0.134 e. The van der Waals surface area contributed by atoms with E-state index in [0.717, 1.165) is 16.5 Å². The van der Waals surface area contributed by atoms with Crippen molar-refractivity contribution in [1.29, 1.82) is 0 Å². The van der Waals surface area contributed by atoms with E-state index in [2.05, 4.69) is 5.32 Å². The second kappa shape index (κ2) is 5.08. The summed E-state index contributed by atoms with van der Waals surface area (Å²) < 4.78 is 17.8. The molecule has 0 aliphatic heterocycles. The van der Waals surface area contributed by atoms with Crippen LogP contribution >= 0.6 is 0 Å². The van der Waals surface area contributed by atoms with Gasteiger partial charge in [0.2, 0.25) is 0 Å². The third-order valence-corrected chi connectivity index (χ3v) is 3.47. The molecule has 2 aromatic rings. The molecule has 0 amide bonds. The van der Waals surface area contributed by atoms with Crippen LogP contribution in [0.3, 0.4) is 0 Å². The van der Waals surface area contributed by atoms with Crippen molar-refractivity contribution >= 4 is 11.0 Å². The smallest absolute Gasteiger partial charge is 0.134 e. The number of aliphatic hydroxyl groups is 1. The number of fused-ring (bicyclic) bond motifs is 1. The first-order valence-electron chi connectivity index (χ1n) is 6.03. The van der Waals surface area contributed by atoms with Gasteiger partial charge < -0.3 is 14.8 Å². The van der Waals surface area contributed by atoms with Crippen molar-refractivity contribution in [1.82, 2.24) is 5.32 Å². The van der Waals surface area contributed by atoms with Gasteiger partial charge in [0, 0.05) is 11.4 Å². The predicted molar refractivity (Wildman–Crippen MR) is 69.2 cm³/mol. The highest BCUT2D eigenvalue weighted by molar-refractivity contribution is 5.77. The number of likely N-dealkylation sites (N-methyl/N-ethyl adjacent to an activating group) is 1. The molecule has 0 saturated heterocycles. The third-order valence-electron chi connectivity index (χ3n) is 3.47. The van der Waals surface area contributed by atoms with Gasteiger partial charge >= 0.3 is 0 Å². The molecular formula is C14H18FNO2. The van der Waals surface area contributed by atoms with Gasteiger partial charge in [-0.3, -0.25) is 4.39 Å². The van der Waals surface area contributed by atoms with Crippen molar-refractivity contribution in [2.75, 3.05) is 13.7 Å². The van der Waals surface area contributed by atoms with E-state index >= 15 is 0 Å². The summed E-state index contributed by atoms with van der Waals surface area (Å²) in [6.45, 7) is 1.22. The van der Waals surface area contributed by atoms with E-state index in [1.54, 1.807) is 26.3 Å². The topological polar surface area (TPSA) is 45.4 Å². The fourth-order valence-corrected chi connectivity index (χ4v) is 2.29. The van der Waals surface area contributed by atoms with E-state index in [1.165, 1.54) is 0 Å². The lowest BCUT2D eigenvalue weighted by atomic mass is 9.86. The molecule has 1 heterocycles. The van der Waals surface area contributed by atoms with Gasteiger partial charge in [-0.25, -0.2) is 0 Å². The monoisotopic (exact) mass is 251 g/mol. The molecule has 1 aromatic carbocycles. The maximum absolute atomic E-state index is 12.5. The van der Waals surface area contributed by atoms with Crippen LogP contribution in [0.5, 0.6) is 0 Å². The molecule has 18 heavy (non-hydrogen) atoms. The lowest BCUT2D eigenvalue weighted by Gasteiger charge is -2.32. The number of rotatable bonds is 5. The van der Waals surface area contributed by atoms with E-state index < -0.39 is 12.3 Å². The molecule has 2 atom stereocenters. The molecule has 0 aliphatic carbocycles. The number of nitrogens with one attached hydrogen (secondary N) is 1. The molecule has 0 spiro atoms. The molecule has 2 unspecified atom stereocenters. The van der Waals surface area contributed by atoms with Gasteiger partial charge in [0.15, 0.2) is 0 Å². The van der Waals surface area contributed by atoms with Crippen LogP contribution in [0.25, 0.3) is 11.0 Å². The van der Waals surface area contributed by atoms with Gasteiger partial charge in [-0.05, 0) is 38.1 Å². The molecule has 0 aliphatic rings. The summed E-state index contributed by atoms with van der Waals surface area (Å²) in [4.78, 5) is 0. The fraction of sp³-hybridized carbons (Fsp3) is 0.429. The highest BCUT2D eigenvalue weighted by atomic mass is 19.1. The molecule has 3 nitrogen and oxygen atoms in total. The van der Waals surface area contributed by atoms with Crippen LogP contribution in [-0.2, 0) is 5.60 Å². The van der Waals surface area contributed by atoms with Gasteiger partial charge in [-0.1, -0.05) is 12.1 Å². The fourth-order valence-electron chi connectivity index (χ4n) is 2.29. The SMILES string of the molecule is CNC(CCF)C(C)(O)c1ccc2ccoc2c1. The second-order valence-corrected chi connectivity index (χ2v) is 4.64. The minimum Gasteiger partial charge on any atom is -0.464 e. The largest absolute Gasteiger partial charge is 0.464 e. The van der Waals surface area contributed by atoms with Crippen LogP contribution in [0.1, 0.15) is 18.9 Å². The summed E-state index contributed by atoms with van der Waals surface area (Å²) in [5.41, 5.74) is 0.308. The Hall–Kier alpha value is -1.39. The van der Waals surface area contributed by atoms with E-state index in [4.69, 9.17) is 4.42 Å². The van der Waals surface area contributed by atoms with Gasteiger partial charge in [-0.15, -0.1) is 0 Å². The Morgan fingerprint density at radius 3 is 2.89 bits per heavy atom. The van der Waals surface area contributed by atoms with Crippen molar-refractivity contribution < 1.29 is 13.9 Å². The Kier molecular flexibility index (Phi) is 3.68. The molecule has 0 fully saturated rings. The predicted octanol–water partition coefficient (Wildman–Crippen LogP) is 2.59. The average molecular weight is 251 g/mol. The Labute approximate surface area is 106 Å². The lowest BCUT2D eigenvalue weighted by Crippen LogP contribution is -2.45. The molecule has 0 saturated carbocycles. The summed E-state index contributed by atoms with van der Waals surface area (Å²) in [5.74, 6) is 0. The van der Waals surface area contributed by atoms with Crippen molar-refractivity contribution in [3.05, 3.63) is 36.1 Å². The highest BCUT2D eigenvalue weighted by Crippen LogP contribution is 2.29.